The topological polar surface area (TPSA) is 74.2 Å². The van der Waals surface area contributed by atoms with Gasteiger partial charge in [-0.15, -0.1) is 0 Å². The third-order valence-corrected chi connectivity index (χ3v) is 3.86. The number of nitrogens with one attached hydrogen (secondary N) is 2. The second kappa shape index (κ2) is 6.23. The fraction of sp³-hybridized carbons (Fsp3) is 0.467. The number of methoxy groups -OCH3 is 1. The Morgan fingerprint density at radius 3 is 2.86 bits per heavy atom. The van der Waals surface area contributed by atoms with Crippen LogP contribution in [0.15, 0.2) is 18.2 Å². The molecule has 0 spiro atoms. The van der Waals surface area contributed by atoms with Gasteiger partial charge in [-0.1, -0.05) is 11.6 Å². The molecule has 1 fully saturated rings. The molecular formula is C15H18ClN3O2. The van der Waals surface area contributed by atoms with E-state index in [1.807, 2.05) is 0 Å². The summed E-state index contributed by atoms with van der Waals surface area (Å²) in [6.07, 6.45) is 1.97. The molecule has 0 heterocycles. The molecule has 112 valence electrons. The SMILES string of the molecule is COc1ccc(Cl)cc1NCC(=O)NC(C)(C#N)C1CC1. The number of hydrogen-bond acceptors (Lipinski definition) is 4. The molecule has 2 N–H and O–H groups in total. The van der Waals surface area contributed by atoms with Gasteiger partial charge in [0.25, 0.3) is 0 Å². The molecule has 0 aromatic heterocycles. The number of carbonyl (C=O) groups is 1. The number of benzene rings is 1. The van der Waals surface area contributed by atoms with Crippen LogP contribution in [-0.4, -0.2) is 25.1 Å². The summed E-state index contributed by atoms with van der Waals surface area (Å²) in [6.45, 7) is 1.82. The number of nitriles is 1. The zero-order valence-electron chi connectivity index (χ0n) is 12.1. The van der Waals surface area contributed by atoms with Gasteiger partial charge in [0.2, 0.25) is 5.91 Å². The quantitative estimate of drug-likeness (QED) is 0.847. The van der Waals surface area contributed by atoms with Gasteiger partial charge in [-0.05, 0) is 43.9 Å². The number of anilines is 1. The van der Waals surface area contributed by atoms with Crippen LogP contribution < -0.4 is 15.4 Å². The lowest BCUT2D eigenvalue weighted by Gasteiger charge is -2.23. The van der Waals surface area contributed by atoms with Crippen molar-refractivity contribution in [1.29, 1.82) is 5.26 Å². The van der Waals surface area contributed by atoms with Gasteiger partial charge in [-0.25, -0.2) is 0 Å². The third-order valence-electron chi connectivity index (χ3n) is 3.63. The summed E-state index contributed by atoms with van der Waals surface area (Å²) in [5.74, 6) is 0.637. The lowest BCUT2D eigenvalue weighted by Crippen LogP contribution is -2.48. The van der Waals surface area contributed by atoms with Gasteiger partial charge in [-0.2, -0.15) is 5.26 Å². The number of nitrogens with zero attached hydrogens (tertiary/aromatic N) is 1. The minimum Gasteiger partial charge on any atom is -0.495 e. The molecule has 0 radical (unpaired) electrons. The fourth-order valence-electron chi connectivity index (χ4n) is 2.21. The highest BCUT2D eigenvalue weighted by molar-refractivity contribution is 6.30. The van der Waals surface area contributed by atoms with Gasteiger partial charge in [-0.3, -0.25) is 4.79 Å². The average molecular weight is 308 g/mol. The minimum atomic E-state index is -0.781. The van der Waals surface area contributed by atoms with Crippen LogP contribution >= 0.6 is 11.6 Å². The summed E-state index contributed by atoms with van der Waals surface area (Å²) in [4.78, 5) is 12.0. The molecule has 1 saturated carbocycles. The van der Waals surface area contributed by atoms with Crippen LogP contribution in [-0.2, 0) is 4.79 Å². The van der Waals surface area contributed by atoms with Crippen molar-refractivity contribution in [3.63, 3.8) is 0 Å². The van der Waals surface area contributed by atoms with Crippen molar-refractivity contribution in [1.82, 2.24) is 5.32 Å². The van der Waals surface area contributed by atoms with Crippen molar-refractivity contribution in [2.45, 2.75) is 25.3 Å². The third kappa shape index (κ3) is 3.79. The first kappa shape index (κ1) is 15.5. The molecule has 0 saturated heterocycles. The second-order valence-corrected chi connectivity index (χ2v) is 5.77. The molecule has 1 aliphatic carbocycles. The Morgan fingerprint density at radius 2 is 2.29 bits per heavy atom. The van der Waals surface area contributed by atoms with E-state index in [0.29, 0.717) is 16.5 Å². The Bertz CT molecular complexity index is 581. The van der Waals surface area contributed by atoms with Crippen molar-refractivity contribution in [2.24, 2.45) is 5.92 Å². The van der Waals surface area contributed by atoms with Crippen LogP contribution in [0.5, 0.6) is 5.75 Å². The van der Waals surface area contributed by atoms with Crippen molar-refractivity contribution in [3.05, 3.63) is 23.2 Å². The normalized spacial score (nSPS) is 16.5. The van der Waals surface area contributed by atoms with Gasteiger partial charge in [0.1, 0.15) is 11.3 Å². The molecule has 21 heavy (non-hydrogen) atoms. The summed E-state index contributed by atoms with van der Waals surface area (Å²) >= 11 is 5.93. The van der Waals surface area contributed by atoms with Gasteiger partial charge < -0.3 is 15.4 Å². The molecule has 1 atom stereocenters. The highest BCUT2D eigenvalue weighted by Crippen LogP contribution is 2.39. The van der Waals surface area contributed by atoms with Crippen LogP contribution in [0.3, 0.4) is 0 Å². The maximum absolute atomic E-state index is 12.0. The smallest absolute Gasteiger partial charge is 0.240 e. The number of amides is 1. The summed E-state index contributed by atoms with van der Waals surface area (Å²) in [5.41, 5.74) is -0.137. The molecule has 0 aliphatic heterocycles. The molecule has 2 rings (SSSR count). The first-order valence-corrected chi connectivity index (χ1v) is 7.16. The van der Waals surface area contributed by atoms with Gasteiger partial charge >= 0.3 is 0 Å². The Kier molecular flexibility index (Phi) is 4.59. The summed E-state index contributed by atoms with van der Waals surface area (Å²) in [5, 5.41) is 15.6. The first-order chi connectivity index (χ1) is 9.98. The molecular weight excluding hydrogens is 290 g/mol. The Morgan fingerprint density at radius 1 is 1.57 bits per heavy atom. The zero-order valence-corrected chi connectivity index (χ0v) is 12.8. The monoisotopic (exact) mass is 307 g/mol. The molecule has 5 nitrogen and oxygen atoms in total. The zero-order chi connectivity index (χ0) is 15.5. The van der Waals surface area contributed by atoms with E-state index in [-0.39, 0.29) is 18.4 Å². The van der Waals surface area contributed by atoms with Gasteiger partial charge in [0.15, 0.2) is 0 Å². The molecule has 6 heteroatoms. The standard InChI is InChI=1S/C15H18ClN3O2/c1-15(9-17,10-3-4-10)19-14(20)8-18-12-7-11(16)5-6-13(12)21-2/h5-7,10,18H,3-4,8H2,1-2H3,(H,19,20). The van der Waals surface area contributed by atoms with E-state index >= 15 is 0 Å². The van der Waals surface area contributed by atoms with Crippen LogP contribution in [0, 0.1) is 17.2 Å². The second-order valence-electron chi connectivity index (χ2n) is 5.33. The van der Waals surface area contributed by atoms with Crippen LogP contribution in [0.25, 0.3) is 0 Å². The largest absolute Gasteiger partial charge is 0.495 e. The number of hydrogen-bond donors (Lipinski definition) is 2. The van der Waals surface area contributed by atoms with Gasteiger partial charge in [0, 0.05) is 5.02 Å². The van der Waals surface area contributed by atoms with Crippen molar-refractivity contribution in [3.8, 4) is 11.8 Å². The number of rotatable bonds is 6. The predicted molar refractivity (Wildman–Crippen MR) is 81.4 cm³/mol. The van der Waals surface area contributed by atoms with Crippen LogP contribution in [0.4, 0.5) is 5.69 Å². The van der Waals surface area contributed by atoms with E-state index in [0.717, 1.165) is 12.8 Å². The summed E-state index contributed by atoms with van der Waals surface area (Å²) < 4.78 is 5.20. The van der Waals surface area contributed by atoms with E-state index in [4.69, 9.17) is 16.3 Å². The van der Waals surface area contributed by atoms with Crippen LogP contribution in [0.1, 0.15) is 19.8 Å². The lowest BCUT2D eigenvalue weighted by molar-refractivity contribution is -0.120. The average Bonchev–Trinajstić information content (AvgIpc) is 3.30. The van der Waals surface area contributed by atoms with E-state index in [9.17, 15) is 10.1 Å². The van der Waals surface area contributed by atoms with Gasteiger partial charge in [0.05, 0.1) is 25.4 Å². The number of halogens is 1. The molecule has 1 aromatic rings. The Balaban J connectivity index is 1.95. The van der Waals surface area contributed by atoms with E-state index < -0.39 is 5.54 Å². The summed E-state index contributed by atoms with van der Waals surface area (Å²) in [6, 6.07) is 7.33. The van der Waals surface area contributed by atoms with E-state index in [1.54, 1.807) is 32.2 Å². The lowest BCUT2D eigenvalue weighted by atomic mass is 9.98. The first-order valence-electron chi connectivity index (χ1n) is 6.78. The van der Waals surface area contributed by atoms with Crippen LogP contribution in [0.2, 0.25) is 5.02 Å². The van der Waals surface area contributed by atoms with E-state index in [1.165, 1.54) is 0 Å². The molecule has 1 unspecified atom stereocenters. The predicted octanol–water partition coefficient (Wildman–Crippen LogP) is 2.57. The molecule has 1 aromatic carbocycles. The molecule has 1 aliphatic rings. The number of ether oxygens (including phenoxy) is 1. The summed E-state index contributed by atoms with van der Waals surface area (Å²) in [7, 11) is 1.55. The van der Waals surface area contributed by atoms with E-state index in [2.05, 4.69) is 16.7 Å². The van der Waals surface area contributed by atoms with Crippen molar-refractivity contribution >= 4 is 23.2 Å². The van der Waals surface area contributed by atoms with Crippen molar-refractivity contribution < 1.29 is 9.53 Å². The Hall–Kier alpha value is -1.93. The highest BCUT2D eigenvalue weighted by atomic mass is 35.5. The number of carbonyl (C=O) groups excluding carboxylic acids is 1. The highest BCUT2D eigenvalue weighted by Gasteiger charge is 2.42. The Labute approximate surface area is 129 Å². The molecule has 0 bridgehead atoms. The molecule has 1 amide bonds. The fourth-order valence-corrected chi connectivity index (χ4v) is 2.38. The maximum atomic E-state index is 12.0. The van der Waals surface area contributed by atoms with Crippen molar-refractivity contribution in [2.75, 3.05) is 19.0 Å². The minimum absolute atomic E-state index is 0.0562. The maximum Gasteiger partial charge on any atom is 0.240 e.